The minimum atomic E-state index is -1.12. The maximum atomic E-state index is 11.5. The van der Waals surface area contributed by atoms with E-state index in [4.69, 9.17) is 5.11 Å². The largest absolute Gasteiger partial charge is 0.480 e. The summed E-state index contributed by atoms with van der Waals surface area (Å²) >= 11 is 0. The maximum Gasteiger partial charge on any atom is 0.329 e. The van der Waals surface area contributed by atoms with Crippen molar-refractivity contribution >= 4 is 17.8 Å². The van der Waals surface area contributed by atoms with Gasteiger partial charge in [0.2, 0.25) is 11.8 Å². The van der Waals surface area contributed by atoms with E-state index in [1.165, 1.54) is 4.90 Å². The van der Waals surface area contributed by atoms with Gasteiger partial charge in [-0.25, -0.2) is 4.79 Å². The number of nitrogens with zero attached hydrogens (tertiary/aromatic N) is 2. The van der Waals surface area contributed by atoms with Crippen molar-refractivity contribution < 1.29 is 24.2 Å². The first kappa shape index (κ1) is 12.4. The molecule has 16 heavy (non-hydrogen) atoms. The molecule has 1 heterocycles. The Morgan fingerprint density at radius 2 is 2.06 bits per heavy atom. The third kappa shape index (κ3) is 3.50. The van der Waals surface area contributed by atoms with Crippen LogP contribution in [0.25, 0.3) is 0 Å². The van der Waals surface area contributed by atoms with E-state index < -0.39 is 12.6 Å². The van der Waals surface area contributed by atoms with Crippen LogP contribution in [0.2, 0.25) is 0 Å². The van der Waals surface area contributed by atoms with Crippen LogP contribution in [0, 0.1) is 0 Å². The summed E-state index contributed by atoms with van der Waals surface area (Å²) in [6.07, 6.45) is 0. The molecule has 1 saturated heterocycles. The highest BCUT2D eigenvalue weighted by atomic mass is 16.5. The average Bonchev–Trinajstić information content (AvgIpc) is 2.21. The summed E-state index contributed by atoms with van der Waals surface area (Å²) < 4.78 is 4.66. The summed E-state index contributed by atoms with van der Waals surface area (Å²) in [7, 11) is 1.67. The summed E-state index contributed by atoms with van der Waals surface area (Å²) in [5.74, 6) is -1.61. The standard InChI is InChI=1S/C9H14N2O5/c1-10-2-3-11(4-7(10)12)8(13)5-16-6-9(14)15/h2-6H2,1H3,(H,14,15). The zero-order chi connectivity index (χ0) is 12.1. The van der Waals surface area contributed by atoms with Gasteiger partial charge in [0.25, 0.3) is 0 Å². The molecule has 1 aliphatic rings. The second-order valence-corrected chi connectivity index (χ2v) is 3.52. The zero-order valence-electron chi connectivity index (χ0n) is 9.01. The summed E-state index contributed by atoms with van der Waals surface area (Å²) in [6.45, 7) is 0.170. The van der Waals surface area contributed by atoms with Crippen molar-refractivity contribution in [3.05, 3.63) is 0 Å². The molecule has 0 aromatic heterocycles. The lowest BCUT2D eigenvalue weighted by Gasteiger charge is -2.31. The van der Waals surface area contributed by atoms with Gasteiger partial charge in [-0.05, 0) is 0 Å². The number of piperazine rings is 1. The quantitative estimate of drug-likeness (QED) is 0.627. The lowest BCUT2D eigenvalue weighted by molar-refractivity contribution is -0.150. The first-order chi connectivity index (χ1) is 7.50. The van der Waals surface area contributed by atoms with Gasteiger partial charge in [-0.1, -0.05) is 0 Å². The van der Waals surface area contributed by atoms with Crippen molar-refractivity contribution in [1.82, 2.24) is 9.80 Å². The first-order valence-corrected chi connectivity index (χ1v) is 4.82. The van der Waals surface area contributed by atoms with Crippen LogP contribution < -0.4 is 0 Å². The van der Waals surface area contributed by atoms with Gasteiger partial charge in [0, 0.05) is 20.1 Å². The van der Waals surface area contributed by atoms with Gasteiger partial charge in [0.1, 0.15) is 13.2 Å². The van der Waals surface area contributed by atoms with E-state index in [0.29, 0.717) is 13.1 Å². The van der Waals surface area contributed by atoms with Gasteiger partial charge >= 0.3 is 5.97 Å². The Balaban J connectivity index is 2.32. The predicted molar refractivity (Wildman–Crippen MR) is 52.7 cm³/mol. The molecule has 1 fully saturated rings. The molecule has 0 bridgehead atoms. The number of hydrogen-bond acceptors (Lipinski definition) is 4. The molecule has 1 rings (SSSR count). The van der Waals surface area contributed by atoms with Crippen molar-refractivity contribution in [3.63, 3.8) is 0 Å². The van der Waals surface area contributed by atoms with Crippen LogP contribution >= 0.6 is 0 Å². The van der Waals surface area contributed by atoms with Crippen molar-refractivity contribution in [2.45, 2.75) is 0 Å². The molecule has 0 saturated carbocycles. The second kappa shape index (κ2) is 5.45. The fraction of sp³-hybridized carbons (Fsp3) is 0.667. The third-order valence-corrected chi connectivity index (χ3v) is 2.26. The number of carboxylic acids is 1. The SMILES string of the molecule is CN1CCN(C(=O)COCC(=O)O)CC1=O. The number of hydrogen-bond donors (Lipinski definition) is 1. The van der Waals surface area contributed by atoms with Crippen molar-refractivity contribution in [3.8, 4) is 0 Å². The summed E-state index contributed by atoms with van der Waals surface area (Å²) in [4.78, 5) is 35.8. The molecule has 1 aliphatic heterocycles. The van der Waals surface area contributed by atoms with Crippen LogP contribution in [0.5, 0.6) is 0 Å². The van der Waals surface area contributed by atoms with Gasteiger partial charge in [0.15, 0.2) is 0 Å². The van der Waals surface area contributed by atoms with E-state index in [-0.39, 0.29) is 25.0 Å². The molecule has 1 N–H and O–H groups in total. The molecule has 90 valence electrons. The van der Waals surface area contributed by atoms with Crippen molar-refractivity contribution in [2.24, 2.45) is 0 Å². The van der Waals surface area contributed by atoms with Crippen LogP contribution in [0.15, 0.2) is 0 Å². The van der Waals surface area contributed by atoms with E-state index in [0.717, 1.165) is 0 Å². The number of likely N-dealkylation sites (N-methyl/N-ethyl adjacent to an activating group) is 1. The minimum absolute atomic E-state index is 0.0335. The lowest BCUT2D eigenvalue weighted by atomic mass is 10.3. The highest BCUT2D eigenvalue weighted by Crippen LogP contribution is 2.01. The van der Waals surface area contributed by atoms with Crippen molar-refractivity contribution in [2.75, 3.05) is 39.9 Å². The fourth-order valence-electron chi connectivity index (χ4n) is 1.29. The molecular weight excluding hydrogens is 216 g/mol. The van der Waals surface area contributed by atoms with E-state index in [1.807, 2.05) is 0 Å². The Labute approximate surface area is 92.6 Å². The number of aliphatic carboxylic acids is 1. The minimum Gasteiger partial charge on any atom is -0.480 e. The third-order valence-electron chi connectivity index (χ3n) is 2.26. The number of ether oxygens (including phenoxy) is 1. The van der Waals surface area contributed by atoms with Crippen LogP contribution in [0.3, 0.4) is 0 Å². The Morgan fingerprint density at radius 3 is 2.62 bits per heavy atom. The number of carbonyl (C=O) groups excluding carboxylic acids is 2. The molecule has 0 atom stereocenters. The van der Waals surface area contributed by atoms with Gasteiger partial charge in [-0.15, -0.1) is 0 Å². The van der Waals surface area contributed by atoms with E-state index in [2.05, 4.69) is 4.74 Å². The Hall–Kier alpha value is -1.63. The monoisotopic (exact) mass is 230 g/mol. The molecule has 7 nitrogen and oxygen atoms in total. The molecule has 0 radical (unpaired) electrons. The van der Waals surface area contributed by atoms with Crippen LogP contribution in [-0.2, 0) is 19.1 Å². The molecular formula is C9H14N2O5. The van der Waals surface area contributed by atoms with Crippen LogP contribution in [0.1, 0.15) is 0 Å². The molecule has 0 unspecified atom stereocenters. The number of carboxylic acid groups (broad SMARTS) is 1. The predicted octanol–water partition coefficient (Wildman–Crippen LogP) is -1.61. The van der Waals surface area contributed by atoms with Gasteiger partial charge in [0.05, 0.1) is 6.54 Å². The maximum absolute atomic E-state index is 11.5. The van der Waals surface area contributed by atoms with Gasteiger partial charge in [-0.2, -0.15) is 0 Å². The molecule has 2 amide bonds. The Bertz CT molecular complexity index is 304. The van der Waals surface area contributed by atoms with Crippen molar-refractivity contribution in [1.29, 1.82) is 0 Å². The van der Waals surface area contributed by atoms with Gasteiger partial charge in [-0.3, -0.25) is 9.59 Å². The Kier molecular flexibility index (Phi) is 4.24. The van der Waals surface area contributed by atoms with Gasteiger partial charge < -0.3 is 19.6 Å². The molecule has 0 aromatic rings. The van der Waals surface area contributed by atoms with Crippen LogP contribution in [0.4, 0.5) is 0 Å². The molecule has 0 aliphatic carbocycles. The highest BCUT2D eigenvalue weighted by Gasteiger charge is 2.24. The van der Waals surface area contributed by atoms with E-state index in [1.54, 1.807) is 11.9 Å². The molecule has 0 spiro atoms. The van der Waals surface area contributed by atoms with E-state index in [9.17, 15) is 14.4 Å². The second-order valence-electron chi connectivity index (χ2n) is 3.52. The normalized spacial score (nSPS) is 16.4. The lowest BCUT2D eigenvalue weighted by Crippen LogP contribution is -2.51. The fourth-order valence-corrected chi connectivity index (χ4v) is 1.29. The topological polar surface area (TPSA) is 87.2 Å². The highest BCUT2D eigenvalue weighted by molar-refractivity contribution is 5.86. The average molecular weight is 230 g/mol. The van der Waals surface area contributed by atoms with E-state index >= 15 is 0 Å². The summed E-state index contributed by atoms with van der Waals surface area (Å²) in [5, 5.41) is 8.30. The first-order valence-electron chi connectivity index (χ1n) is 4.82. The smallest absolute Gasteiger partial charge is 0.329 e. The Morgan fingerprint density at radius 1 is 1.38 bits per heavy atom. The zero-order valence-corrected chi connectivity index (χ0v) is 9.01. The number of rotatable bonds is 4. The summed E-state index contributed by atoms with van der Waals surface area (Å²) in [6, 6.07) is 0. The number of carbonyl (C=O) groups is 3. The summed E-state index contributed by atoms with van der Waals surface area (Å²) in [5.41, 5.74) is 0. The van der Waals surface area contributed by atoms with Crippen LogP contribution in [-0.4, -0.2) is 72.6 Å². The molecule has 7 heteroatoms. The number of amides is 2. The molecule has 0 aromatic carbocycles.